The Hall–Kier alpha value is -3.68. The number of esters is 2. The minimum absolute atomic E-state index is 0.0362. The van der Waals surface area contributed by atoms with Crippen LogP contribution in [0.3, 0.4) is 0 Å². The van der Waals surface area contributed by atoms with Crippen LogP contribution in [0.5, 0.6) is 0 Å². The van der Waals surface area contributed by atoms with Crippen molar-refractivity contribution in [2.45, 2.75) is 45.6 Å². The van der Waals surface area contributed by atoms with E-state index in [1.165, 1.54) is 6.20 Å². The zero-order chi connectivity index (χ0) is 25.1. The van der Waals surface area contributed by atoms with E-state index in [1.807, 2.05) is 0 Å². The Morgan fingerprint density at radius 1 is 1.21 bits per heavy atom. The van der Waals surface area contributed by atoms with Crippen LogP contribution in [0, 0.1) is 0 Å². The summed E-state index contributed by atoms with van der Waals surface area (Å²) in [5, 5.41) is 6.44. The second-order valence-electron chi connectivity index (χ2n) is 7.00. The van der Waals surface area contributed by atoms with E-state index in [-0.39, 0.29) is 48.4 Å². The van der Waals surface area contributed by atoms with Gasteiger partial charge in [0.25, 0.3) is 11.5 Å². The van der Waals surface area contributed by atoms with Crippen molar-refractivity contribution in [3.8, 4) is 0 Å². The first-order chi connectivity index (χ1) is 16.2. The van der Waals surface area contributed by atoms with Gasteiger partial charge in [-0.25, -0.2) is 9.78 Å². The highest BCUT2D eigenvalue weighted by molar-refractivity contribution is 7.17. The van der Waals surface area contributed by atoms with Crippen LogP contribution in [-0.2, 0) is 25.5 Å². The average Bonchev–Trinajstić information content (AvgIpc) is 3.24. The maximum absolute atomic E-state index is 12.6. The Morgan fingerprint density at radius 2 is 1.94 bits per heavy atom. The second-order valence-corrected chi connectivity index (χ2v) is 8.03. The number of anilines is 3. The molecule has 1 amide bonds. The number of aromatic amines is 1. The number of ether oxygens (including phenoxy) is 2. The lowest BCUT2D eigenvalue weighted by Gasteiger charge is -2.16. The first kappa shape index (κ1) is 26.6. The van der Waals surface area contributed by atoms with Crippen molar-refractivity contribution in [3.05, 3.63) is 27.1 Å². The minimum Gasteiger partial charge on any atom is -0.466 e. The molecule has 0 aliphatic carbocycles. The van der Waals surface area contributed by atoms with Crippen molar-refractivity contribution < 1.29 is 23.9 Å². The molecule has 14 heteroatoms. The molecule has 186 valence electrons. The summed E-state index contributed by atoms with van der Waals surface area (Å²) >= 11 is 1.10. The van der Waals surface area contributed by atoms with Gasteiger partial charge in [0, 0.05) is 13.0 Å². The number of amides is 1. The molecule has 0 aliphatic heterocycles. The first-order valence-corrected chi connectivity index (χ1v) is 11.5. The number of aromatic nitrogens is 3. The largest absolute Gasteiger partial charge is 0.466 e. The SMILES string of the molecule is CCOC(=O)CC[C@H](NC(=O)c1ncc(NCCCc2c(N)nc(N)[nH]c2=O)s1)C(=O)OCC. The van der Waals surface area contributed by atoms with E-state index in [2.05, 4.69) is 25.6 Å². The van der Waals surface area contributed by atoms with Gasteiger partial charge in [0.15, 0.2) is 5.01 Å². The van der Waals surface area contributed by atoms with Crippen LogP contribution in [-0.4, -0.2) is 58.6 Å². The number of hydrogen-bond acceptors (Lipinski definition) is 12. The number of nitrogens with two attached hydrogens (primary N) is 2. The molecule has 13 nitrogen and oxygen atoms in total. The Kier molecular flexibility index (Phi) is 10.3. The predicted octanol–water partition coefficient (Wildman–Crippen LogP) is 0.440. The van der Waals surface area contributed by atoms with E-state index in [4.69, 9.17) is 20.9 Å². The standard InChI is InChI=1S/C20H29N7O6S/c1-3-32-14(28)8-7-12(19(31)33-4-2)25-17(30)18-24-10-13(34-18)23-9-5-6-11-15(21)26-20(22)27-16(11)29/h10,12,23H,3-9H2,1-2H3,(H,25,30)(H5,21,22,26,27,29)/t12-/m0/s1. The van der Waals surface area contributed by atoms with Gasteiger partial charge in [0.1, 0.15) is 16.9 Å². The van der Waals surface area contributed by atoms with Gasteiger partial charge < -0.3 is 31.6 Å². The summed E-state index contributed by atoms with van der Waals surface area (Å²) in [7, 11) is 0. The van der Waals surface area contributed by atoms with Gasteiger partial charge in [-0.05, 0) is 33.1 Å². The predicted molar refractivity (Wildman–Crippen MR) is 126 cm³/mol. The summed E-state index contributed by atoms with van der Waals surface area (Å²) in [6.45, 7) is 4.18. The van der Waals surface area contributed by atoms with Gasteiger partial charge >= 0.3 is 11.9 Å². The normalized spacial score (nSPS) is 11.5. The molecular weight excluding hydrogens is 466 g/mol. The number of rotatable bonds is 13. The number of thiazole rings is 1. The number of nitrogens with one attached hydrogen (secondary N) is 3. The molecule has 2 heterocycles. The van der Waals surface area contributed by atoms with Crippen LogP contribution in [0.25, 0.3) is 0 Å². The molecular formula is C20H29N7O6S. The van der Waals surface area contributed by atoms with Crippen molar-refractivity contribution in [1.29, 1.82) is 0 Å². The molecule has 0 spiro atoms. The van der Waals surface area contributed by atoms with Crippen LogP contribution in [0.1, 0.15) is 48.5 Å². The summed E-state index contributed by atoms with van der Waals surface area (Å²) in [6, 6.07) is -1.01. The first-order valence-electron chi connectivity index (χ1n) is 10.7. The molecule has 0 fully saturated rings. The molecule has 1 atom stereocenters. The summed E-state index contributed by atoms with van der Waals surface area (Å²) < 4.78 is 9.84. The Labute approximate surface area is 199 Å². The maximum atomic E-state index is 12.6. The quantitative estimate of drug-likeness (QED) is 0.190. The van der Waals surface area contributed by atoms with Gasteiger partial charge in [-0.3, -0.25) is 19.4 Å². The van der Waals surface area contributed by atoms with Crippen LogP contribution >= 0.6 is 11.3 Å². The smallest absolute Gasteiger partial charge is 0.328 e. The molecule has 7 N–H and O–H groups in total. The fourth-order valence-corrected chi connectivity index (χ4v) is 3.66. The van der Waals surface area contributed by atoms with Crippen LogP contribution in [0.15, 0.2) is 11.0 Å². The third kappa shape index (κ3) is 8.03. The highest BCUT2D eigenvalue weighted by Crippen LogP contribution is 2.19. The molecule has 0 unspecified atom stereocenters. The number of hydrogen-bond donors (Lipinski definition) is 5. The summed E-state index contributed by atoms with van der Waals surface area (Å²) in [5.41, 5.74) is 11.2. The fourth-order valence-electron chi connectivity index (χ4n) is 2.92. The van der Waals surface area contributed by atoms with Crippen molar-refractivity contribution in [2.24, 2.45) is 0 Å². The van der Waals surface area contributed by atoms with Crippen molar-refractivity contribution in [2.75, 3.05) is 36.5 Å². The number of carbonyl (C=O) groups is 3. The summed E-state index contributed by atoms with van der Waals surface area (Å²) in [4.78, 5) is 58.6. The average molecular weight is 496 g/mol. The molecule has 0 bridgehead atoms. The zero-order valence-corrected chi connectivity index (χ0v) is 19.8. The number of H-pyrrole nitrogens is 1. The Morgan fingerprint density at radius 3 is 2.62 bits per heavy atom. The molecule has 0 saturated heterocycles. The molecule has 0 aliphatic rings. The maximum Gasteiger partial charge on any atom is 0.328 e. The number of nitrogen functional groups attached to an aromatic ring is 2. The van der Waals surface area contributed by atoms with Gasteiger partial charge in [0.05, 0.1) is 25.0 Å². The Balaban J connectivity index is 1.89. The van der Waals surface area contributed by atoms with E-state index in [1.54, 1.807) is 13.8 Å². The molecule has 34 heavy (non-hydrogen) atoms. The van der Waals surface area contributed by atoms with E-state index in [0.29, 0.717) is 30.0 Å². The molecule has 2 aromatic rings. The third-order valence-electron chi connectivity index (χ3n) is 4.49. The van der Waals surface area contributed by atoms with Crippen LogP contribution < -0.4 is 27.7 Å². The van der Waals surface area contributed by atoms with Crippen molar-refractivity contribution in [3.63, 3.8) is 0 Å². The van der Waals surface area contributed by atoms with Crippen molar-refractivity contribution in [1.82, 2.24) is 20.3 Å². The summed E-state index contributed by atoms with van der Waals surface area (Å²) in [5.74, 6) is -1.61. The van der Waals surface area contributed by atoms with E-state index in [0.717, 1.165) is 11.3 Å². The highest BCUT2D eigenvalue weighted by atomic mass is 32.1. The van der Waals surface area contributed by atoms with E-state index < -0.39 is 23.9 Å². The number of carbonyl (C=O) groups excluding carboxylic acids is 3. The van der Waals surface area contributed by atoms with Crippen molar-refractivity contribution >= 4 is 45.9 Å². The van der Waals surface area contributed by atoms with Gasteiger partial charge in [-0.2, -0.15) is 4.98 Å². The minimum atomic E-state index is -1.01. The van der Waals surface area contributed by atoms with E-state index >= 15 is 0 Å². The monoisotopic (exact) mass is 495 g/mol. The van der Waals surface area contributed by atoms with Crippen LogP contribution in [0.4, 0.5) is 16.8 Å². The molecule has 0 saturated carbocycles. The second kappa shape index (κ2) is 13.1. The lowest BCUT2D eigenvalue weighted by Crippen LogP contribution is -2.42. The van der Waals surface area contributed by atoms with Crippen LogP contribution in [0.2, 0.25) is 0 Å². The lowest BCUT2D eigenvalue weighted by atomic mass is 10.1. The highest BCUT2D eigenvalue weighted by Gasteiger charge is 2.25. The Bertz CT molecular complexity index is 1050. The molecule has 0 aromatic carbocycles. The topological polar surface area (TPSA) is 204 Å². The molecule has 2 rings (SSSR count). The van der Waals surface area contributed by atoms with Gasteiger partial charge in [-0.1, -0.05) is 11.3 Å². The lowest BCUT2D eigenvalue weighted by molar-refractivity contribution is -0.146. The third-order valence-corrected chi connectivity index (χ3v) is 5.44. The molecule has 2 aromatic heterocycles. The van der Waals surface area contributed by atoms with E-state index in [9.17, 15) is 19.2 Å². The molecule has 0 radical (unpaired) electrons. The number of nitrogens with zero attached hydrogens (tertiary/aromatic N) is 2. The fraction of sp³-hybridized carbons (Fsp3) is 0.500. The summed E-state index contributed by atoms with van der Waals surface area (Å²) in [6.07, 6.45) is 2.44. The van der Waals surface area contributed by atoms with Gasteiger partial charge in [-0.15, -0.1) is 0 Å². The zero-order valence-electron chi connectivity index (χ0n) is 19.0. The van der Waals surface area contributed by atoms with Gasteiger partial charge in [0.2, 0.25) is 5.95 Å².